The molecular weight excluding hydrogens is 328 g/mol. The number of nitrogens with zero attached hydrogens (tertiary/aromatic N) is 1. The Hall–Kier alpha value is -2.21. The van der Waals surface area contributed by atoms with Gasteiger partial charge in [-0.3, -0.25) is 0 Å². The van der Waals surface area contributed by atoms with Crippen LogP contribution in [0.3, 0.4) is 0 Å². The van der Waals surface area contributed by atoms with Crippen LogP contribution in [0.4, 0.5) is 8.78 Å². The summed E-state index contributed by atoms with van der Waals surface area (Å²) in [6.07, 6.45) is 7.86. The summed E-state index contributed by atoms with van der Waals surface area (Å²) in [6, 6.07) is 10.6. The summed E-state index contributed by atoms with van der Waals surface area (Å²) in [5, 5.41) is 8.96. The van der Waals surface area contributed by atoms with Gasteiger partial charge in [0, 0.05) is 0 Å². The molecule has 2 aromatic carbocycles. The van der Waals surface area contributed by atoms with Crippen molar-refractivity contribution in [2.75, 3.05) is 0 Å². The molecule has 0 amide bonds. The average molecular weight is 353 g/mol. The number of halogens is 2. The van der Waals surface area contributed by atoms with Crippen LogP contribution in [0.25, 0.3) is 0 Å². The van der Waals surface area contributed by atoms with E-state index in [1.165, 1.54) is 25.3 Å². The van der Waals surface area contributed by atoms with Crippen molar-refractivity contribution in [3.8, 4) is 6.07 Å². The van der Waals surface area contributed by atoms with Crippen LogP contribution in [0.1, 0.15) is 72.8 Å². The van der Waals surface area contributed by atoms with Crippen LogP contribution in [-0.4, -0.2) is 0 Å². The number of aryl methyl sites for hydroxylation is 2. The SMILES string of the molecule is CCCCCCc1ccc(C2CCc3cc(C#N)c(F)cc3C2)c(F)c1. The van der Waals surface area contributed by atoms with E-state index in [1.807, 2.05) is 18.2 Å². The second-order valence-electron chi connectivity index (χ2n) is 7.32. The maximum atomic E-state index is 14.7. The third-order valence-corrected chi connectivity index (χ3v) is 5.46. The largest absolute Gasteiger partial charge is 0.207 e. The van der Waals surface area contributed by atoms with E-state index in [0.29, 0.717) is 6.42 Å². The first-order valence-corrected chi connectivity index (χ1v) is 9.62. The van der Waals surface area contributed by atoms with Crippen molar-refractivity contribution in [3.63, 3.8) is 0 Å². The fraction of sp³-hybridized carbons (Fsp3) is 0.435. The lowest BCUT2D eigenvalue weighted by molar-refractivity contribution is 0.528. The lowest BCUT2D eigenvalue weighted by Crippen LogP contribution is -2.15. The molecule has 26 heavy (non-hydrogen) atoms. The molecule has 1 aliphatic carbocycles. The van der Waals surface area contributed by atoms with Gasteiger partial charge in [-0.25, -0.2) is 8.78 Å². The Morgan fingerprint density at radius 2 is 1.88 bits per heavy atom. The highest BCUT2D eigenvalue weighted by Gasteiger charge is 2.24. The van der Waals surface area contributed by atoms with Gasteiger partial charge < -0.3 is 0 Å². The van der Waals surface area contributed by atoms with E-state index in [2.05, 4.69) is 6.92 Å². The van der Waals surface area contributed by atoms with Crippen molar-refractivity contribution in [3.05, 3.63) is 69.8 Å². The van der Waals surface area contributed by atoms with Gasteiger partial charge in [-0.05, 0) is 78.5 Å². The van der Waals surface area contributed by atoms with E-state index in [-0.39, 0.29) is 17.3 Å². The fourth-order valence-corrected chi connectivity index (χ4v) is 3.94. The standard InChI is InChI=1S/C23H25F2N/c1-2-3-4-5-6-16-7-10-21(23(25)11-16)18-9-8-17-12-20(15-26)22(24)14-19(17)13-18/h7,10-12,14,18H,2-6,8-9,13H2,1H3. The number of nitriles is 1. The van der Waals surface area contributed by atoms with Gasteiger partial charge in [-0.15, -0.1) is 0 Å². The van der Waals surface area contributed by atoms with Crippen LogP contribution in [0.5, 0.6) is 0 Å². The van der Waals surface area contributed by atoms with Crippen molar-refractivity contribution in [2.24, 2.45) is 0 Å². The molecule has 0 bridgehead atoms. The van der Waals surface area contributed by atoms with E-state index in [1.54, 1.807) is 12.1 Å². The molecule has 0 N–H and O–H groups in total. The van der Waals surface area contributed by atoms with Crippen molar-refractivity contribution < 1.29 is 8.78 Å². The summed E-state index contributed by atoms with van der Waals surface area (Å²) in [5.74, 6) is -0.542. The molecule has 3 heteroatoms. The Kier molecular flexibility index (Phi) is 6.04. The van der Waals surface area contributed by atoms with Gasteiger partial charge >= 0.3 is 0 Å². The zero-order chi connectivity index (χ0) is 18.5. The lowest BCUT2D eigenvalue weighted by atomic mass is 9.79. The number of hydrogen-bond donors (Lipinski definition) is 0. The van der Waals surface area contributed by atoms with E-state index >= 15 is 0 Å². The van der Waals surface area contributed by atoms with Crippen molar-refractivity contribution in [1.29, 1.82) is 5.26 Å². The molecule has 0 saturated heterocycles. The lowest BCUT2D eigenvalue weighted by Gasteiger charge is -2.26. The number of benzene rings is 2. The number of fused-ring (bicyclic) bond motifs is 1. The van der Waals surface area contributed by atoms with E-state index in [0.717, 1.165) is 47.9 Å². The van der Waals surface area contributed by atoms with Crippen LogP contribution in [-0.2, 0) is 19.3 Å². The van der Waals surface area contributed by atoms with Crippen LogP contribution < -0.4 is 0 Å². The Morgan fingerprint density at radius 1 is 1.04 bits per heavy atom. The van der Waals surface area contributed by atoms with E-state index in [9.17, 15) is 8.78 Å². The van der Waals surface area contributed by atoms with E-state index < -0.39 is 5.82 Å². The third kappa shape index (κ3) is 4.12. The summed E-state index contributed by atoms with van der Waals surface area (Å²) in [5.41, 5.74) is 3.81. The van der Waals surface area contributed by atoms with Gasteiger partial charge in [0.15, 0.2) is 0 Å². The molecule has 136 valence electrons. The fourth-order valence-electron chi connectivity index (χ4n) is 3.94. The van der Waals surface area contributed by atoms with Gasteiger partial charge in [0.1, 0.15) is 17.7 Å². The highest BCUT2D eigenvalue weighted by molar-refractivity contribution is 5.42. The first kappa shape index (κ1) is 18.6. The van der Waals surface area contributed by atoms with Crippen LogP contribution >= 0.6 is 0 Å². The Bertz CT molecular complexity index is 820. The average Bonchev–Trinajstić information content (AvgIpc) is 2.64. The summed E-state index contributed by atoms with van der Waals surface area (Å²) < 4.78 is 28.6. The molecule has 2 aromatic rings. The number of unbranched alkanes of at least 4 members (excludes halogenated alkanes) is 3. The highest BCUT2D eigenvalue weighted by atomic mass is 19.1. The van der Waals surface area contributed by atoms with Gasteiger partial charge in [0.2, 0.25) is 0 Å². The molecule has 0 fully saturated rings. The van der Waals surface area contributed by atoms with Gasteiger partial charge in [-0.1, -0.05) is 38.3 Å². The molecule has 0 aromatic heterocycles. The topological polar surface area (TPSA) is 23.8 Å². The second-order valence-corrected chi connectivity index (χ2v) is 7.32. The quantitative estimate of drug-likeness (QED) is 0.565. The van der Waals surface area contributed by atoms with E-state index in [4.69, 9.17) is 5.26 Å². The van der Waals surface area contributed by atoms with Crippen LogP contribution in [0.15, 0.2) is 30.3 Å². The molecule has 3 rings (SSSR count). The monoisotopic (exact) mass is 353 g/mol. The molecule has 1 nitrogen and oxygen atoms in total. The molecule has 0 radical (unpaired) electrons. The molecule has 0 saturated carbocycles. The molecule has 1 unspecified atom stereocenters. The molecule has 1 atom stereocenters. The van der Waals surface area contributed by atoms with Crippen molar-refractivity contribution in [1.82, 2.24) is 0 Å². The number of rotatable bonds is 6. The highest BCUT2D eigenvalue weighted by Crippen LogP contribution is 2.35. The Morgan fingerprint density at radius 3 is 2.62 bits per heavy atom. The minimum absolute atomic E-state index is 0.0731. The normalized spacial score (nSPS) is 16.2. The zero-order valence-electron chi connectivity index (χ0n) is 15.3. The second kappa shape index (κ2) is 8.45. The van der Waals surface area contributed by atoms with Crippen LogP contribution in [0, 0.1) is 23.0 Å². The molecule has 1 aliphatic rings. The first-order valence-electron chi connectivity index (χ1n) is 9.62. The summed E-state index contributed by atoms with van der Waals surface area (Å²) >= 11 is 0. The minimum Gasteiger partial charge on any atom is -0.207 e. The predicted octanol–water partition coefficient (Wildman–Crippen LogP) is 6.23. The zero-order valence-corrected chi connectivity index (χ0v) is 15.3. The van der Waals surface area contributed by atoms with Gasteiger partial charge in [0.25, 0.3) is 0 Å². The summed E-state index contributed by atoms with van der Waals surface area (Å²) in [4.78, 5) is 0. The molecule has 0 heterocycles. The van der Waals surface area contributed by atoms with Gasteiger partial charge in [-0.2, -0.15) is 5.26 Å². The number of hydrogen-bond acceptors (Lipinski definition) is 1. The molecule has 0 aliphatic heterocycles. The predicted molar refractivity (Wildman–Crippen MR) is 100 cm³/mol. The summed E-state index contributed by atoms with van der Waals surface area (Å²) in [7, 11) is 0. The third-order valence-electron chi connectivity index (χ3n) is 5.46. The smallest absolute Gasteiger partial charge is 0.141 e. The minimum atomic E-state index is -0.477. The Balaban J connectivity index is 1.72. The van der Waals surface area contributed by atoms with Crippen LogP contribution in [0.2, 0.25) is 0 Å². The van der Waals surface area contributed by atoms with Gasteiger partial charge in [0.05, 0.1) is 5.56 Å². The maximum Gasteiger partial charge on any atom is 0.141 e. The molecule has 0 spiro atoms. The molecular formula is C23H25F2N. The summed E-state index contributed by atoms with van der Waals surface area (Å²) in [6.45, 7) is 2.18. The van der Waals surface area contributed by atoms with Crippen molar-refractivity contribution >= 4 is 0 Å². The maximum absolute atomic E-state index is 14.7. The Labute approximate surface area is 154 Å². The first-order chi connectivity index (χ1) is 12.6. The van der Waals surface area contributed by atoms with Crippen molar-refractivity contribution in [2.45, 2.75) is 64.2 Å².